The number of rotatable bonds is 5. The molecule has 1 aliphatic carbocycles. The molecule has 0 bridgehead atoms. The average Bonchev–Trinajstić information content (AvgIpc) is 3.06. The molecule has 1 unspecified atom stereocenters. The van der Waals surface area contributed by atoms with Crippen LogP contribution in [0.5, 0.6) is 0 Å². The van der Waals surface area contributed by atoms with Crippen molar-refractivity contribution in [3.63, 3.8) is 0 Å². The molecule has 0 spiro atoms. The molecular formula is C14H23N3OS. The van der Waals surface area contributed by atoms with Crippen LogP contribution in [0, 0.1) is 0 Å². The number of thiophene rings is 1. The maximum atomic E-state index is 12.1. The van der Waals surface area contributed by atoms with Crippen LogP contribution in [0.2, 0.25) is 0 Å². The van der Waals surface area contributed by atoms with Crippen LogP contribution in [0.1, 0.15) is 36.6 Å². The van der Waals surface area contributed by atoms with Gasteiger partial charge in [0.15, 0.2) is 0 Å². The summed E-state index contributed by atoms with van der Waals surface area (Å²) in [7, 11) is 4.19. The van der Waals surface area contributed by atoms with E-state index in [1.54, 1.807) is 0 Å². The highest BCUT2D eigenvalue weighted by molar-refractivity contribution is 7.10. The smallest absolute Gasteiger partial charge is 0.242 e. The molecule has 0 radical (unpaired) electrons. The predicted molar refractivity (Wildman–Crippen MR) is 79.1 cm³/mol. The van der Waals surface area contributed by atoms with Gasteiger partial charge in [0.2, 0.25) is 5.91 Å². The second kappa shape index (κ2) is 6.03. The lowest BCUT2D eigenvalue weighted by Gasteiger charge is -2.36. The van der Waals surface area contributed by atoms with Crippen LogP contribution >= 0.6 is 11.3 Å². The lowest BCUT2D eigenvalue weighted by Crippen LogP contribution is -2.52. The molecule has 1 aromatic rings. The van der Waals surface area contributed by atoms with E-state index in [-0.39, 0.29) is 11.4 Å². The Morgan fingerprint density at radius 3 is 2.74 bits per heavy atom. The van der Waals surface area contributed by atoms with Gasteiger partial charge in [-0.1, -0.05) is 18.9 Å². The maximum absolute atomic E-state index is 12.1. The van der Waals surface area contributed by atoms with Crippen LogP contribution in [-0.2, 0) is 4.79 Å². The number of nitrogens with zero attached hydrogens (tertiary/aromatic N) is 1. The minimum absolute atomic E-state index is 0.0735. The highest BCUT2D eigenvalue weighted by Crippen LogP contribution is 2.33. The molecule has 1 fully saturated rings. The van der Waals surface area contributed by atoms with Crippen molar-refractivity contribution in [1.82, 2.24) is 10.2 Å². The van der Waals surface area contributed by atoms with Crippen molar-refractivity contribution in [3.05, 3.63) is 22.4 Å². The summed E-state index contributed by atoms with van der Waals surface area (Å²) >= 11 is 1.53. The molecule has 4 nitrogen and oxygen atoms in total. The van der Waals surface area contributed by atoms with Crippen molar-refractivity contribution in [2.45, 2.75) is 37.3 Å². The van der Waals surface area contributed by atoms with Gasteiger partial charge in [-0.15, -0.1) is 11.3 Å². The van der Waals surface area contributed by atoms with Crippen LogP contribution in [0.4, 0.5) is 0 Å². The summed E-state index contributed by atoms with van der Waals surface area (Å²) in [6, 6.07) is 3.29. The van der Waals surface area contributed by atoms with E-state index in [1.807, 2.05) is 17.5 Å². The zero-order valence-electron chi connectivity index (χ0n) is 11.7. The summed E-state index contributed by atoms with van der Waals surface area (Å²) in [5.41, 5.74) is 6.09. The number of likely N-dealkylation sites (N-methyl/N-ethyl adjacent to an activating group) is 1. The van der Waals surface area contributed by atoms with Gasteiger partial charge in [0.1, 0.15) is 6.04 Å². The Morgan fingerprint density at radius 1 is 1.53 bits per heavy atom. The molecule has 1 saturated carbocycles. The summed E-state index contributed by atoms with van der Waals surface area (Å²) in [5.74, 6) is -0.0735. The van der Waals surface area contributed by atoms with Crippen LogP contribution < -0.4 is 11.1 Å². The number of hydrogen-bond acceptors (Lipinski definition) is 4. The first-order valence-corrected chi connectivity index (χ1v) is 7.67. The number of carbonyl (C=O) groups excluding carboxylic acids is 1. The number of amides is 1. The van der Waals surface area contributed by atoms with Gasteiger partial charge in [0, 0.05) is 17.0 Å². The molecule has 106 valence electrons. The molecule has 1 amide bonds. The molecule has 0 aliphatic heterocycles. The van der Waals surface area contributed by atoms with Crippen molar-refractivity contribution in [3.8, 4) is 0 Å². The Morgan fingerprint density at radius 2 is 2.21 bits per heavy atom. The van der Waals surface area contributed by atoms with Gasteiger partial charge < -0.3 is 16.0 Å². The summed E-state index contributed by atoms with van der Waals surface area (Å²) in [4.78, 5) is 15.3. The lowest BCUT2D eigenvalue weighted by molar-refractivity contribution is -0.123. The Labute approximate surface area is 119 Å². The number of nitrogens with one attached hydrogen (secondary N) is 1. The first kappa shape index (κ1) is 14.5. The van der Waals surface area contributed by atoms with Crippen LogP contribution in [0.15, 0.2) is 17.5 Å². The van der Waals surface area contributed by atoms with Crippen molar-refractivity contribution in [2.24, 2.45) is 5.73 Å². The summed E-state index contributed by atoms with van der Waals surface area (Å²) < 4.78 is 0. The quantitative estimate of drug-likeness (QED) is 0.864. The summed E-state index contributed by atoms with van der Waals surface area (Å²) in [6.45, 7) is 0.692. The Hall–Kier alpha value is -0.910. The van der Waals surface area contributed by atoms with Gasteiger partial charge in [-0.05, 0) is 38.4 Å². The molecule has 0 aromatic carbocycles. The van der Waals surface area contributed by atoms with Gasteiger partial charge >= 0.3 is 0 Å². The van der Waals surface area contributed by atoms with Crippen LogP contribution in [0.25, 0.3) is 0 Å². The van der Waals surface area contributed by atoms with Gasteiger partial charge in [-0.3, -0.25) is 4.79 Å². The highest BCUT2D eigenvalue weighted by atomic mass is 32.1. The minimum Gasteiger partial charge on any atom is -0.353 e. The van der Waals surface area contributed by atoms with Gasteiger partial charge in [0.05, 0.1) is 0 Å². The molecule has 1 aromatic heterocycles. The number of nitrogens with two attached hydrogens (primary N) is 1. The standard InChI is InChI=1S/C14H23N3OS/c1-17(2)14(7-3-4-8-14)10-16-13(18)12(15)11-6-5-9-19-11/h5-6,9,12H,3-4,7-8,10,15H2,1-2H3,(H,16,18). The monoisotopic (exact) mass is 281 g/mol. The van der Waals surface area contributed by atoms with Crippen LogP contribution in [0.3, 0.4) is 0 Å². The first-order valence-electron chi connectivity index (χ1n) is 6.79. The third kappa shape index (κ3) is 3.16. The lowest BCUT2D eigenvalue weighted by atomic mass is 9.96. The Balaban J connectivity index is 1.92. The van der Waals surface area contributed by atoms with Crippen LogP contribution in [-0.4, -0.2) is 37.0 Å². The fourth-order valence-corrected chi connectivity index (χ4v) is 3.50. The van der Waals surface area contributed by atoms with E-state index in [9.17, 15) is 4.79 Å². The molecule has 1 aliphatic rings. The zero-order valence-corrected chi connectivity index (χ0v) is 12.5. The second-order valence-corrected chi connectivity index (χ2v) is 6.52. The molecule has 5 heteroatoms. The van der Waals surface area contributed by atoms with E-state index >= 15 is 0 Å². The molecule has 2 rings (SSSR count). The fraction of sp³-hybridized carbons (Fsp3) is 0.643. The van der Waals surface area contributed by atoms with E-state index in [1.165, 1.54) is 24.2 Å². The predicted octanol–water partition coefficient (Wildman–Crippen LogP) is 1.74. The molecule has 3 N–H and O–H groups in total. The fourth-order valence-electron chi connectivity index (χ4n) is 2.77. The van der Waals surface area contributed by atoms with Gasteiger partial charge in [-0.2, -0.15) is 0 Å². The van der Waals surface area contributed by atoms with Gasteiger partial charge in [0.25, 0.3) is 0 Å². The maximum Gasteiger partial charge on any atom is 0.242 e. The summed E-state index contributed by atoms with van der Waals surface area (Å²) in [6.07, 6.45) is 4.78. The molecular weight excluding hydrogens is 258 g/mol. The Bertz CT molecular complexity index is 410. The van der Waals surface area contributed by atoms with E-state index in [0.29, 0.717) is 6.54 Å². The Kier molecular flexibility index (Phi) is 4.60. The van der Waals surface area contributed by atoms with E-state index in [0.717, 1.165) is 17.7 Å². The van der Waals surface area contributed by atoms with Gasteiger partial charge in [-0.25, -0.2) is 0 Å². The SMILES string of the molecule is CN(C)C1(CNC(=O)C(N)c2cccs2)CCCC1. The topological polar surface area (TPSA) is 58.4 Å². The highest BCUT2D eigenvalue weighted by Gasteiger charge is 2.36. The largest absolute Gasteiger partial charge is 0.353 e. The zero-order chi connectivity index (χ0) is 13.9. The third-order valence-electron chi connectivity index (χ3n) is 4.21. The molecule has 19 heavy (non-hydrogen) atoms. The summed E-state index contributed by atoms with van der Waals surface area (Å²) in [5, 5.41) is 4.98. The van der Waals surface area contributed by atoms with E-state index in [2.05, 4.69) is 24.3 Å². The third-order valence-corrected chi connectivity index (χ3v) is 5.16. The van der Waals surface area contributed by atoms with Crippen molar-refractivity contribution in [1.29, 1.82) is 0 Å². The molecule has 0 saturated heterocycles. The number of hydrogen-bond donors (Lipinski definition) is 2. The number of carbonyl (C=O) groups is 1. The normalized spacial score (nSPS) is 19.6. The molecule has 1 heterocycles. The second-order valence-electron chi connectivity index (χ2n) is 5.54. The minimum atomic E-state index is -0.541. The average molecular weight is 281 g/mol. The van der Waals surface area contributed by atoms with Crippen molar-refractivity contribution >= 4 is 17.2 Å². The van der Waals surface area contributed by atoms with Crippen molar-refractivity contribution < 1.29 is 4.79 Å². The van der Waals surface area contributed by atoms with E-state index in [4.69, 9.17) is 5.73 Å². The van der Waals surface area contributed by atoms with Crippen molar-refractivity contribution in [2.75, 3.05) is 20.6 Å². The first-order chi connectivity index (χ1) is 9.05. The molecule has 1 atom stereocenters. The van der Waals surface area contributed by atoms with E-state index < -0.39 is 6.04 Å².